The van der Waals surface area contributed by atoms with Gasteiger partial charge < -0.3 is 19.7 Å². The Kier molecular flexibility index (Phi) is 8.44. The van der Waals surface area contributed by atoms with E-state index in [1.54, 1.807) is 4.90 Å². The van der Waals surface area contributed by atoms with Gasteiger partial charge in [0.05, 0.1) is 13.2 Å². The molecule has 1 unspecified atom stereocenters. The molecule has 0 heterocycles. The quantitative estimate of drug-likeness (QED) is 0.637. The molecule has 126 valence electrons. The van der Waals surface area contributed by atoms with Crippen LogP contribution in [0.2, 0.25) is 0 Å². The molecule has 0 aliphatic rings. The average molecular weight is 319 g/mol. The van der Waals surface area contributed by atoms with Crippen molar-refractivity contribution < 1.29 is 28.5 Å². The Hall–Kier alpha value is -1.12. The van der Waals surface area contributed by atoms with Crippen LogP contribution in [-0.4, -0.2) is 61.9 Å². The zero-order valence-corrected chi connectivity index (χ0v) is 12.8. The van der Waals surface area contributed by atoms with Crippen molar-refractivity contribution in [3.8, 4) is 0 Å². The lowest BCUT2D eigenvalue weighted by Gasteiger charge is -2.33. The largest absolute Gasteiger partial charge is 0.396 e. The Morgan fingerprint density at radius 2 is 1.82 bits per heavy atom. The van der Waals surface area contributed by atoms with Gasteiger partial charge in [0, 0.05) is 39.0 Å². The van der Waals surface area contributed by atoms with E-state index in [-0.39, 0.29) is 38.3 Å². The van der Waals surface area contributed by atoms with Crippen molar-refractivity contribution in [1.82, 2.24) is 4.90 Å². The second-order valence-corrected chi connectivity index (χ2v) is 4.79. The Morgan fingerprint density at radius 3 is 2.36 bits per heavy atom. The molecule has 0 radical (unpaired) electrons. The minimum Gasteiger partial charge on any atom is -0.396 e. The van der Waals surface area contributed by atoms with Gasteiger partial charge in [-0.05, 0) is 12.5 Å². The first kappa shape index (κ1) is 18.9. The number of rotatable bonds is 10. The highest BCUT2D eigenvalue weighted by molar-refractivity contribution is 5.22. The molecule has 1 aromatic rings. The highest BCUT2D eigenvalue weighted by Crippen LogP contribution is 2.28. The number of halogens is 2. The van der Waals surface area contributed by atoms with E-state index in [2.05, 4.69) is 0 Å². The molecular weight excluding hydrogens is 296 g/mol. The number of benzene rings is 1. The van der Waals surface area contributed by atoms with Gasteiger partial charge in [0.1, 0.15) is 0 Å². The van der Waals surface area contributed by atoms with Gasteiger partial charge in [0.25, 0.3) is 0 Å². The monoisotopic (exact) mass is 319 g/mol. The van der Waals surface area contributed by atoms with Crippen LogP contribution in [0.5, 0.6) is 0 Å². The summed E-state index contributed by atoms with van der Waals surface area (Å²) in [4.78, 5) is 1.70. The zero-order valence-electron chi connectivity index (χ0n) is 12.8. The molecule has 0 fully saturated rings. The zero-order chi connectivity index (χ0) is 16.5. The lowest BCUT2D eigenvalue weighted by molar-refractivity contribution is -0.122. The van der Waals surface area contributed by atoms with Gasteiger partial charge in [0.2, 0.25) is 0 Å². The van der Waals surface area contributed by atoms with Crippen molar-refractivity contribution in [2.75, 3.05) is 40.5 Å². The Bertz CT molecular complexity index is 444. The van der Waals surface area contributed by atoms with E-state index in [1.807, 2.05) is 0 Å². The van der Waals surface area contributed by atoms with Crippen LogP contribution in [0.15, 0.2) is 18.2 Å². The van der Waals surface area contributed by atoms with Gasteiger partial charge in [-0.15, -0.1) is 0 Å². The molecule has 0 bridgehead atoms. The predicted octanol–water partition coefficient (Wildman–Crippen LogP) is 1.30. The number of ether oxygens (including phenoxy) is 2. The van der Waals surface area contributed by atoms with Gasteiger partial charge in [-0.2, -0.15) is 0 Å². The molecule has 0 aliphatic heterocycles. The van der Waals surface area contributed by atoms with E-state index < -0.39 is 24.0 Å². The third kappa shape index (κ3) is 4.96. The molecule has 5 nitrogen and oxygen atoms in total. The molecule has 22 heavy (non-hydrogen) atoms. The summed E-state index contributed by atoms with van der Waals surface area (Å²) in [6.45, 7) is 0.0875. The smallest absolute Gasteiger partial charge is 0.169 e. The third-order valence-corrected chi connectivity index (χ3v) is 3.48. The Balaban J connectivity index is 3.09. The molecule has 0 amide bonds. The van der Waals surface area contributed by atoms with Crippen LogP contribution in [0.4, 0.5) is 8.78 Å². The average Bonchev–Trinajstić information content (AvgIpc) is 2.52. The van der Waals surface area contributed by atoms with Crippen molar-refractivity contribution >= 4 is 0 Å². The Labute approximate surface area is 129 Å². The maximum atomic E-state index is 14.1. The Morgan fingerprint density at radius 1 is 1.14 bits per heavy atom. The molecule has 0 aromatic heterocycles. The number of aliphatic hydroxyl groups excluding tert-OH is 2. The van der Waals surface area contributed by atoms with Crippen LogP contribution in [0.25, 0.3) is 0 Å². The maximum absolute atomic E-state index is 14.1. The van der Waals surface area contributed by atoms with Crippen LogP contribution >= 0.6 is 0 Å². The fourth-order valence-electron chi connectivity index (χ4n) is 2.37. The van der Waals surface area contributed by atoms with Gasteiger partial charge in [-0.25, -0.2) is 8.78 Å². The highest BCUT2D eigenvalue weighted by Gasteiger charge is 2.26. The normalized spacial score (nSPS) is 13.1. The fraction of sp³-hybridized carbons (Fsp3) is 0.600. The molecule has 0 aliphatic carbocycles. The summed E-state index contributed by atoms with van der Waals surface area (Å²) >= 11 is 0. The van der Waals surface area contributed by atoms with Crippen molar-refractivity contribution in [3.05, 3.63) is 35.4 Å². The second kappa shape index (κ2) is 9.81. The lowest BCUT2D eigenvalue weighted by Crippen LogP contribution is -2.39. The van der Waals surface area contributed by atoms with Crippen molar-refractivity contribution in [2.45, 2.75) is 18.8 Å². The summed E-state index contributed by atoms with van der Waals surface area (Å²) in [6.07, 6.45) is -0.384. The van der Waals surface area contributed by atoms with Crippen LogP contribution < -0.4 is 0 Å². The van der Waals surface area contributed by atoms with E-state index in [9.17, 15) is 19.0 Å². The SMILES string of the molecule is COC(CN(CCO)C(CCO)c1cccc(F)c1F)OC. The first-order valence-electron chi connectivity index (χ1n) is 7.04. The summed E-state index contributed by atoms with van der Waals surface area (Å²) in [5, 5.41) is 18.5. The maximum Gasteiger partial charge on any atom is 0.169 e. The molecule has 2 N–H and O–H groups in total. The van der Waals surface area contributed by atoms with E-state index in [1.165, 1.54) is 26.4 Å². The van der Waals surface area contributed by atoms with E-state index in [0.717, 1.165) is 6.07 Å². The van der Waals surface area contributed by atoms with Crippen molar-refractivity contribution in [2.24, 2.45) is 0 Å². The first-order valence-corrected chi connectivity index (χ1v) is 7.04. The standard InChI is InChI=1S/C15H23F2NO4/c1-21-14(22-2)10-18(7-9-20)13(6-8-19)11-4-3-5-12(16)15(11)17/h3-5,13-14,19-20H,6-10H2,1-2H3. The number of nitrogens with zero attached hydrogens (tertiary/aromatic N) is 1. The van der Waals surface area contributed by atoms with Crippen molar-refractivity contribution in [3.63, 3.8) is 0 Å². The molecule has 0 spiro atoms. The van der Waals surface area contributed by atoms with Crippen LogP contribution in [0, 0.1) is 11.6 Å². The molecular formula is C15H23F2NO4. The summed E-state index contributed by atoms with van der Waals surface area (Å²) in [5.74, 6) is -1.89. The van der Waals surface area contributed by atoms with Crippen LogP contribution in [0.1, 0.15) is 18.0 Å². The number of hydrogen-bond acceptors (Lipinski definition) is 5. The summed E-state index contributed by atoms with van der Waals surface area (Å²) < 4.78 is 37.8. The predicted molar refractivity (Wildman–Crippen MR) is 77.3 cm³/mol. The van der Waals surface area contributed by atoms with E-state index in [4.69, 9.17) is 9.47 Å². The van der Waals surface area contributed by atoms with Crippen LogP contribution in [-0.2, 0) is 9.47 Å². The minimum absolute atomic E-state index is 0.133. The molecule has 0 saturated heterocycles. The second-order valence-electron chi connectivity index (χ2n) is 4.79. The summed E-state index contributed by atoms with van der Waals surface area (Å²) in [5.41, 5.74) is 0.133. The topological polar surface area (TPSA) is 62.2 Å². The van der Waals surface area contributed by atoms with Gasteiger partial charge in [-0.3, -0.25) is 4.90 Å². The summed E-state index contributed by atoms with van der Waals surface area (Å²) in [6, 6.07) is 3.33. The fourth-order valence-corrected chi connectivity index (χ4v) is 2.37. The number of aliphatic hydroxyl groups is 2. The first-order chi connectivity index (χ1) is 10.6. The van der Waals surface area contributed by atoms with Gasteiger partial charge >= 0.3 is 0 Å². The number of methoxy groups -OCH3 is 2. The third-order valence-electron chi connectivity index (χ3n) is 3.48. The molecule has 1 rings (SSSR count). The lowest BCUT2D eigenvalue weighted by atomic mass is 10.0. The highest BCUT2D eigenvalue weighted by atomic mass is 19.2. The van der Waals surface area contributed by atoms with Gasteiger partial charge in [-0.1, -0.05) is 12.1 Å². The van der Waals surface area contributed by atoms with Crippen LogP contribution in [0.3, 0.4) is 0 Å². The van der Waals surface area contributed by atoms with E-state index in [0.29, 0.717) is 0 Å². The molecule has 7 heteroatoms. The molecule has 1 atom stereocenters. The van der Waals surface area contributed by atoms with Gasteiger partial charge in [0.15, 0.2) is 17.9 Å². The number of hydrogen-bond donors (Lipinski definition) is 2. The molecule has 0 saturated carbocycles. The molecule has 1 aromatic carbocycles. The van der Waals surface area contributed by atoms with Crippen molar-refractivity contribution in [1.29, 1.82) is 0 Å². The minimum atomic E-state index is -0.949. The van der Waals surface area contributed by atoms with E-state index >= 15 is 0 Å². The summed E-state index contributed by atoms with van der Waals surface area (Å²) in [7, 11) is 2.93.